The van der Waals surface area contributed by atoms with Crippen LogP contribution in [0.5, 0.6) is 0 Å². The maximum atomic E-state index is 10.4. The standard InChI is InChI=1S/C6H5BrN2O2.ClH/c7-5-1-4(8)3(2-9-5)6(10)11;/h1-2H,(H2,8,9)(H,10,11);1H. The van der Waals surface area contributed by atoms with E-state index in [0.717, 1.165) is 0 Å². The lowest BCUT2D eigenvalue weighted by atomic mass is 10.2. The van der Waals surface area contributed by atoms with Gasteiger partial charge in [0.25, 0.3) is 0 Å². The Morgan fingerprint density at radius 1 is 1.67 bits per heavy atom. The highest BCUT2D eigenvalue weighted by Gasteiger charge is 2.07. The summed E-state index contributed by atoms with van der Waals surface area (Å²) in [5, 5.41) is 8.52. The number of carboxylic acids is 1. The molecule has 0 aromatic carbocycles. The number of nitrogens with zero attached hydrogens (tertiary/aromatic N) is 1. The van der Waals surface area contributed by atoms with E-state index in [1.807, 2.05) is 0 Å². The Kier molecular flexibility index (Phi) is 3.99. The van der Waals surface area contributed by atoms with E-state index in [4.69, 9.17) is 10.8 Å². The molecule has 1 aromatic rings. The van der Waals surface area contributed by atoms with Gasteiger partial charge < -0.3 is 10.8 Å². The number of aromatic carboxylic acids is 1. The van der Waals surface area contributed by atoms with Gasteiger partial charge in [-0.15, -0.1) is 12.4 Å². The van der Waals surface area contributed by atoms with E-state index in [2.05, 4.69) is 20.9 Å². The summed E-state index contributed by atoms with van der Waals surface area (Å²) < 4.78 is 0.528. The molecule has 66 valence electrons. The monoisotopic (exact) mass is 252 g/mol. The van der Waals surface area contributed by atoms with Gasteiger partial charge in [0.1, 0.15) is 10.2 Å². The zero-order valence-corrected chi connectivity index (χ0v) is 8.22. The molecule has 0 radical (unpaired) electrons. The number of hydrogen-bond donors (Lipinski definition) is 2. The molecule has 0 atom stereocenters. The summed E-state index contributed by atoms with van der Waals surface area (Å²) in [5.41, 5.74) is 5.60. The van der Waals surface area contributed by atoms with E-state index in [1.165, 1.54) is 12.3 Å². The fourth-order valence-electron chi connectivity index (χ4n) is 0.623. The Morgan fingerprint density at radius 2 is 2.25 bits per heavy atom. The lowest BCUT2D eigenvalue weighted by Gasteiger charge is -1.98. The first-order valence-electron chi connectivity index (χ1n) is 2.75. The van der Waals surface area contributed by atoms with Crippen molar-refractivity contribution >= 4 is 40.0 Å². The van der Waals surface area contributed by atoms with Gasteiger partial charge in [-0.25, -0.2) is 9.78 Å². The van der Waals surface area contributed by atoms with Crippen LogP contribution < -0.4 is 5.73 Å². The van der Waals surface area contributed by atoms with E-state index < -0.39 is 5.97 Å². The van der Waals surface area contributed by atoms with Crippen molar-refractivity contribution in [1.29, 1.82) is 0 Å². The molecule has 1 aromatic heterocycles. The third-order valence-corrected chi connectivity index (χ3v) is 1.57. The van der Waals surface area contributed by atoms with Crippen LogP contribution in [0.1, 0.15) is 10.4 Å². The van der Waals surface area contributed by atoms with Gasteiger partial charge in [0, 0.05) is 6.20 Å². The predicted octanol–water partition coefficient (Wildman–Crippen LogP) is 1.55. The molecule has 0 aliphatic carbocycles. The van der Waals surface area contributed by atoms with E-state index in [9.17, 15) is 4.79 Å². The molecule has 0 spiro atoms. The molecular weight excluding hydrogens is 247 g/mol. The first-order valence-corrected chi connectivity index (χ1v) is 3.55. The second-order valence-electron chi connectivity index (χ2n) is 1.90. The summed E-state index contributed by atoms with van der Waals surface area (Å²) >= 11 is 3.06. The number of nitrogen functional groups attached to an aromatic ring is 1. The van der Waals surface area contributed by atoms with Crippen LogP contribution in [-0.2, 0) is 0 Å². The highest BCUT2D eigenvalue weighted by Crippen LogP contribution is 2.14. The minimum Gasteiger partial charge on any atom is -0.478 e. The molecule has 0 bridgehead atoms. The number of halogens is 2. The van der Waals surface area contributed by atoms with Gasteiger partial charge in [-0.1, -0.05) is 0 Å². The molecule has 0 saturated carbocycles. The van der Waals surface area contributed by atoms with Crippen molar-refractivity contribution in [2.75, 3.05) is 5.73 Å². The van der Waals surface area contributed by atoms with Crippen LogP contribution in [0.25, 0.3) is 0 Å². The molecule has 4 nitrogen and oxygen atoms in total. The van der Waals surface area contributed by atoms with Gasteiger partial charge >= 0.3 is 5.97 Å². The van der Waals surface area contributed by atoms with Crippen molar-refractivity contribution in [3.05, 3.63) is 22.4 Å². The SMILES string of the molecule is Cl.Nc1cc(Br)ncc1C(=O)O. The predicted molar refractivity (Wildman–Crippen MR) is 50.6 cm³/mol. The van der Waals surface area contributed by atoms with E-state index in [-0.39, 0.29) is 23.7 Å². The largest absolute Gasteiger partial charge is 0.478 e. The Hall–Kier alpha value is -0.810. The molecule has 3 N–H and O–H groups in total. The molecule has 12 heavy (non-hydrogen) atoms. The Morgan fingerprint density at radius 3 is 2.67 bits per heavy atom. The van der Waals surface area contributed by atoms with E-state index in [1.54, 1.807) is 0 Å². The summed E-state index contributed by atoms with van der Waals surface area (Å²) in [7, 11) is 0. The quantitative estimate of drug-likeness (QED) is 0.745. The summed E-state index contributed by atoms with van der Waals surface area (Å²) in [6, 6.07) is 1.45. The van der Waals surface area contributed by atoms with Crippen molar-refractivity contribution in [3.63, 3.8) is 0 Å². The number of rotatable bonds is 1. The lowest BCUT2D eigenvalue weighted by Crippen LogP contribution is -2.02. The fourth-order valence-corrected chi connectivity index (χ4v) is 0.972. The molecule has 0 aliphatic heterocycles. The molecule has 6 heteroatoms. The summed E-state index contributed by atoms with van der Waals surface area (Å²) in [6.45, 7) is 0. The first kappa shape index (κ1) is 11.2. The Balaban J connectivity index is 0.00000121. The second kappa shape index (κ2) is 4.27. The summed E-state index contributed by atoms with van der Waals surface area (Å²) in [5.74, 6) is -1.07. The molecule has 1 heterocycles. The minimum absolute atomic E-state index is 0. The van der Waals surface area contributed by atoms with Gasteiger partial charge in [0.2, 0.25) is 0 Å². The summed E-state index contributed by atoms with van der Waals surface area (Å²) in [6.07, 6.45) is 1.21. The number of anilines is 1. The second-order valence-corrected chi connectivity index (χ2v) is 2.71. The van der Waals surface area contributed by atoms with E-state index in [0.29, 0.717) is 4.60 Å². The smallest absolute Gasteiger partial charge is 0.339 e. The number of nitrogens with two attached hydrogens (primary N) is 1. The number of pyridine rings is 1. The Bertz CT molecular complexity index is 306. The molecule has 0 amide bonds. The van der Waals surface area contributed by atoms with Crippen LogP contribution in [0.15, 0.2) is 16.9 Å². The highest BCUT2D eigenvalue weighted by molar-refractivity contribution is 9.10. The van der Waals surface area contributed by atoms with Crippen LogP contribution in [-0.4, -0.2) is 16.1 Å². The maximum absolute atomic E-state index is 10.4. The number of carboxylic acid groups (broad SMARTS) is 1. The third kappa shape index (κ3) is 2.35. The van der Waals surface area contributed by atoms with Crippen molar-refractivity contribution < 1.29 is 9.90 Å². The lowest BCUT2D eigenvalue weighted by molar-refractivity contribution is 0.0697. The molecule has 0 saturated heterocycles. The van der Waals surface area contributed by atoms with Gasteiger partial charge in [-0.2, -0.15) is 0 Å². The highest BCUT2D eigenvalue weighted by atomic mass is 79.9. The van der Waals surface area contributed by atoms with Crippen LogP contribution in [0, 0.1) is 0 Å². The molecule has 1 rings (SSSR count). The van der Waals surface area contributed by atoms with Crippen molar-refractivity contribution in [1.82, 2.24) is 4.98 Å². The number of aromatic nitrogens is 1. The molecule has 0 fully saturated rings. The average molecular weight is 253 g/mol. The number of carbonyl (C=O) groups is 1. The first-order chi connectivity index (χ1) is 5.11. The van der Waals surface area contributed by atoms with Gasteiger partial charge in [-0.3, -0.25) is 0 Å². The average Bonchev–Trinajstić information content (AvgIpc) is 1.85. The van der Waals surface area contributed by atoms with E-state index >= 15 is 0 Å². The minimum atomic E-state index is -1.07. The summed E-state index contributed by atoms with van der Waals surface area (Å²) in [4.78, 5) is 14.1. The molecule has 0 aliphatic rings. The third-order valence-electron chi connectivity index (χ3n) is 1.13. The van der Waals surface area contributed by atoms with Gasteiger partial charge in [-0.05, 0) is 22.0 Å². The van der Waals surface area contributed by atoms with Crippen LogP contribution in [0.3, 0.4) is 0 Å². The van der Waals surface area contributed by atoms with Gasteiger partial charge in [0.15, 0.2) is 0 Å². The van der Waals surface area contributed by atoms with Crippen LogP contribution >= 0.6 is 28.3 Å². The van der Waals surface area contributed by atoms with Crippen molar-refractivity contribution in [2.24, 2.45) is 0 Å². The Labute approximate surface area is 83.3 Å². The zero-order valence-electron chi connectivity index (χ0n) is 5.82. The maximum Gasteiger partial charge on any atom is 0.339 e. The van der Waals surface area contributed by atoms with Crippen LogP contribution in [0.2, 0.25) is 0 Å². The molecular formula is C6H6BrClN2O2. The fraction of sp³-hybridized carbons (Fsp3) is 0. The zero-order chi connectivity index (χ0) is 8.43. The van der Waals surface area contributed by atoms with Crippen LogP contribution in [0.4, 0.5) is 5.69 Å². The van der Waals surface area contributed by atoms with Gasteiger partial charge in [0.05, 0.1) is 5.69 Å². The molecule has 0 unspecified atom stereocenters. The normalized spacial score (nSPS) is 8.75. The van der Waals surface area contributed by atoms with Crippen molar-refractivity contribution in [3.8, 4) is 0 Å². The number of hydrogen-bond acceptors (Lipinski definition) is 3. The topological polar surface area (TPSA) is 76.2 Å². The van der Waals surface area contributed by atoms with Crippen molar-refractivity contribution in [2.45, 2.75) is 0 Å².